The molecule has 0 heterocycles. The van der Waals surface area contributed by atoms with Crippen molar-refractivity contribution in [2.75, 3.05) is 0 Å². The molecule has 0 aliphatic rings. The molecule has 0 aliphatic carbocycles. The Kier molecular flexibility index (Phi) is 5.67. The zero-order chi connectivity index (χ0) is 19.1. The minimum Gasteiger partial charge on any atom is -0.489 e. The maximum absolute atomic E-state index is 9.44. The van der Waals surface area contributed by atoms with Crippen molar-refractivity contribution in [3.05, 3.63) is 101 Å². The standard InChI is InChI=1S/C24H18N2O/c1-18-2-4-21(5-3-18)17-27-24-12-8-19(9-13-24)14-23(16-26)22-10-6-20(15-25)7-11-22/h2-14H,17H2,1H3/b23-14-. The van der Waals surface area contributed by atoms with Gasteiger partial charge in [-0.05, 0) is 54.0 Å². The van der Waals surface area contributed by atoms with E-state index in [1.54, 1.807) is 24.3 Å². The van der Waals surface area contributed by atoms with Gasteiger partial charge in [0.05, 0.1) is 23.3 Å². The maximum atomic E-state index is 9.44. The van der Waals surface area contributed by atoms with E-state index in [0.717, 1.165) is 22.4 Å². The van der Waals surface area contributed by atoms with Crippen molar-refractivity contribution >= 4 is 11.6 Å². The van der Waals surface area contributed by atoms with Gasteiger partial charge in [-0.25, -0.2) is 0 Å². The van der Waals surface area contributed by atoms with Gasteiger partial charge in [-0.15, -0.1) is 0 Å². The Hall–Kier alpha value is -3.82. The van der Waals surface area contributed by atoms with E-state index in [9.17, 15) is 5.26 Å². The van der Waals surface area contributed by atoms with E-state index < -0.39 is 0 Å². The molecule has 0 bridgehead atoms. The summed E-state index contributed by atoms with van der Waals surface area (Å²) in [4.78, 5) is 0. The highest BCUT2D eigenvalue weighted by molar-refractivity contribution is 5.89. The van der Waals surface area contributed by atoms with Crippen LogP contribution >= 0.6 is 0 Å². The van der Waals surface area contributed by atoms with Gasteiger partial charge in [-0.1, -0.05) is 54.1 Å². The van der Waals surface area contributed by atoms with Crippen LogP contribution in [0.25, 0.3) is 11.6 Å². The summed E-state index contributed by atoms with van der Waals surface area (Å²) in [6, 6.07) is 27.2. The van der Waals surface area contributed by atoms with Crippen LogP contribution in [-0.2, 0) is 6.61 Å². The average Bonchev–Trinajstić information content (AvgIpc) is 2.72. The van der Waals surface area contributed by atoms with Crippen LogP contribution in [0.15, 0.2) is 72.8 Å². The topological polar surface area (TPSA) is 56.8 Å². The molecule has 0 unspecified atom stereocenters. The molecule has 0 aromatic heterocycles. The van der Waals surface area contributed by atoms with Crippen molar-refractivity contribution < 1.29 is 4.74 Å². The molecule has 27 heavy (non-hydrogen) atoms. The second-order valence-electron chi connectivity index (χ2n) is 6.20. The number of benzene rings is 3. The number of ether oxygens (including phenoxy) is 1. The fourth-order valence-electron chi connectivity index (χ4n) is 2.58. The highest BCUT2D eigenvalue weighted by Crippen LogP contribution is 2.21. The van der Waals surface area contributed by atoms with E-state index in [4.69, 9.17) is 10.00 Å². The monoisotopic (exact) mass is 350 g/mol. The third kappa shape index (κ3) is 4.84. The molecule has 0 saturated carbocycles. The zero-order valence-electron chi connectivity index (χ0n) is 15.0. The maximum Gasteiger partial charge on any atom is 0.119 e. The summed E-state index contributed by atoms with van der Waals surface area (Å²) in [5, 5.41) is 18.3. The van der Waals surface area contributed by atoms with Gasteiger partial charge < -0.3 is 4.74 Å². The van der Waals surface area contributed by atoms with E-state index in [1.807, 2.05) is 30.3 Å². The molecular formula is C24H18N2O. The summed E-state index contributed by atoms with van der Waals surface area (Å²) < 4.78 is 5.81. The highest BCUT2D eigenvalue weighted by Gasteiger charge is 2.02. The van der Waals surface area contributed by atoms with Crippen molar-refractivity contribution in [1.29, 1.82) is 10.5 Å². The molecule has 3 nitrogen and oxygen atoms in total. The van der Waals surface area contributed by atoms with E-state index in [0.29, 0.717) is 17.7 Å². The summed E-state index contributed by atoms with van der Waals surface area (Å²) in [6.07, 6.45) is 1.82. The lowest BCUT2D eigenvalue weighted by Crippen LogP contribution is -1.95. The summed E-state index contributed by atoms with van der Waals surface area (Å²) >= 11 is 0. The van der Waals surface area contributed by atoms with Gasteiger partial charge in [0.15, 0.2) is 0 Å². The Labute approximate surface area is 159 Å². The van der Waals surface area contributed by atoms with Crippen LogP contribution in [0, 0.1) is 29.6 Å². The highest BCUT2D eigenvalue weighted by atomic mass is 16.5. The number of nitriles is 2. The first-order valence-corrected chi connectivity index (χ1v) is 8.59. The van der Waals surface area contributed by atoms with Crippen LogP contribution in [0.2, 0.25) is 0 Å². The van der Waals surface area contributed by atoms with Crippen molar-refractivity contribution in [2.45, 2.75) is 13.5 Å². The average molecular weight is 350 g/mol. The summed E-state index contributed by atoms with van der Waals surface area (Å²) in [6.45, 7) is 2.58. The number of hydrogen-bond donors (Lipinski definition) is 0. The molecule has 0 fully saturated rings. The van der Waals surface area contributed by atoms with Gasteiger partial charge in [0.1, 0.15) is 12.4 Å². The second kappa shape index (κ2) is 8.52. The van der Waals surface area contributed by atoms with E-state index in [2.05, 4.69) is 43.3 Å². The quantitative estimate of drug-likeness (QED) is 0.450. The predicted molar refractivity (Wildman–Crippen MR) is 107 cm³/mol. The first-order chi connectivity index (χ1) is 13.2. The Morgan fingerprint density at radius 1 is 0.889 bits per heavy atom. The Morgan fingerprint density at radius 2 is 1.56 bits per heavy atom. The molecule has 0 N–H and O–H groups in total. The molecule has 130 valence electrons. The van der Waals surface area contributed by atoms with Gasteiger partial charge in [0, 0.05) is 0 Å². The minimum atomic E-state index is 0.518. The van der Waals surface area contributed by atoms with Crippen molar-refractivity contribution in [1.82, 2.24) is 0 Å². The molecular weight excluding hydrogens is 332 g/mol. The Balaban J connectivity index is 1.69. The molecule has 3 heteroatoms. The third-order valence-electron chi connectivity index (χ3n) is 4.16. The fourth-order valence-corrected chi connectivity index (χ4v) is 2.58. The summed E-state index contributed by atoms with van der Waals surface area (Å²) in [5.74, 6) is 0.782. The molecule has 0 amide bonds. The molecule has 0 radical (unpaired) electrons. The molecule has 0 saturated heterocycles. The van der Waals surface area contributed by atoms with E-state index in [-0.39, 0.29) is 0 Å². The van der Waals surface area contributed by atoms with E-state index >= 15 is 0 Å². The van der Waals surface area contributed by atoms with Crippen LogP contribution in [0.4, 0.5) is 0 Å². The smallest absolute Gasteiger partial charge is 0.119 e. The van der Waals surface area contributed by atoms with E-state index in [1.165, 1.54) is 5.56 Å². The first-order valence-electron chi connectivity index (χ1n) is 8.59. The summed E-state index contributed by atoms with van der Waals surface area (Å²) in [5.41, 5.74) is 5.18. The van der Waals surface area contributed by atoms with Crippen LogP contribution in [0.5, 0.6) is 5.75 Å². The number of rotatable bonds is 5. The van der Waals surface area contributed by atoms with Gasteiger partial charge in [-0.3, -0.25) is 0 Å². The number of aryl methyl sites for hydroxylation is 1. The van der Waals surface area contributed by atoms with Gasteiger partial charge in [-0.2, -0.15) is 10.5 Å². The van der Waals surface area contributed by atoms with Gasteiger partial charge in [0.25, 0.3) is 0 Å². The number of hydrogen-bond acceptors (Lipinski definition) is 3. The van der Waals surface area contributed by atoms with Crippen molar-refractivity contribution in [3.63, 3.8) is 0 Å². The lowest BCUT2D eigenvalue weighted by Gasteiger charge is -2.07. The van der Waals surface area contributed by atoms with Crippen LogP contribution in [0.1, 0.15) is 27.8 Å². The largest absolute Gasteiger partial charge is 0.489 e. The molecule has 0 spiro atoms. The number of nitrogens with zero attached hydrogens (tertiary/aromatic N) is 2. The lowest BCUT2D eigenvalue weighted by atomic mass is 10.0. The third-order valence-corrected chi connectivity index (χ3v) is 4.16. The van der Waals surface area contributed by atoms with Crippen LogP contribution in [0.3, 0.4) is 0 Å². The van der Waals surface area contributed by atoms with Gasteiger partial charge in [0.2, 0.25) is 0 Å². The lowest BCUT2D eigenvalue weighted by molar-refractivity contribution is 0.306. The molecule has 0 atom stereocenters. The molecule has 3 aromatic carbocycles. The normalized spacial score (nSPS) is 10.7. The molecule has 3 aromatic rings. The summed E-state index contributed by atoms with van der Waals surface area (Å²) in [7, 11) is 0. The zero-order valence-corrected chi connectivity index (χ0v) is 15.0. The molecule has 0 aliphatic heterocycles. The second-order valence-corrected chi connectivity index (χ2v) is 6.20. The first kappa shape index (κ1) is 18.0. The van der Waals surface area contributed by atoms with Crippen molar-refractivity contribution in [3.8, 4) is 17.9 Å². The minimum absolute atomic E-state index is 0.518. The number of allylic oxidation sites excluding steroid dienone is 1. The fraction of sp³-hybridized carbons (Fsp3) is 0.0833. The Morgan fingerprint density at radius 3 is 2.15 bits per heavy atom. The predicted octanol–water partition coefficient (Wildman–Crippen LogP) is 5.51. The SMILES string of the molecule is Cc1ccc(COc2ccc(/C=C(/C#N)c3ccc(C#N)cc3)cc2)cc1. The van der Waals surface area contributed by atoms with Crippen LogP contribution in [-0.4, -0.2) is 0 Å². The van der Waals surface area contributed by atoms with Crippen LogP contribution < -0.4 is 4.74 Å². The van der Waals surface area contributed by atoms with Gasteiger partial charge >= 0.3 is 0 Å². The Bertz CT molecular complexity index is 1020. The molecule has 3 rings (SSSR count). The van der Waals surface area contributed by atoms with Crippen molar-refractivity contribution in [2.24, 2.45) is 0 Å².